The fourth-order valence-electron chi connectivity index (χ4n) is 2.95. The zero-order valence-electron chi connectivity index (χ0n) is 15.1. The highest BCUT2D eigenvalue weighted by Gasteiger charge is 2.15. The van der Waals surface area contributed by atoms with Gasteiger partial charge in [0.05, 0.1) is 25.0 Å². The molecule has 1 aliphatic rings. The first-order chi connectivity index (χ1) is 13.2. The van der Waals surface area contributed by atoms with E-state index >= 15 is 0 Å². The first-order valence-corrected chi connectivity index (χ1v) is 9.98. The number of hydrogen-bond acceptors (Lipinski definition) is 5. The molecule has 1 N–H and O–H groups in total. The zero-order valence-corrected chi connectivity index (χ0v) is 15.9. The minimum Gasteiger partial charge on any atom is -0.490 e. The van der Waals surface area contributed by atoms with Gasteiger partial charge in [-0.2, -0.15) is 0 Å². The molecule has 0 radical (unpaired) electrons. The lowest BCUT2D eigenvalue weighted by atomic mass is 10.2. The van der Waals surface area contributed by atoms with Gasteiger partial charge in [0, 0.05) is 16.7 Å². The molecule has 4 rings (SSSR count). The van der Waals surface area contributed by atoms with Gasteiger partial charge in [0.1, 0.15) is 11.3 Å². The Kier molecular flexibility index (Phi) is 5.25. The number of rotatable bonds is 5. The van der Waals surface area contributed by atoms with Gasteiger partial charge in [0.2, 0.25) is 5.91 Å². The Morgan fingerprint density at radius 3 is 2.78 bits per heavy atom. The van der Waals surface area contributed by atoms with Gasteiger partial charge in [-0.15, -0.1) is 11.8 Å². The third kappa shape index (κ3) is 4.22. The van der Waals surface area contributed by atoms with E-state index in [1.807, 2.05) is 55.5 Å². The molecule has 1 aromatic heterocycles. The molecule has 0 spiro atoms. The van der Waals surface area contributed by atoms with Gasteiger partial charge in [-0.05, 0) is 37.3 Å². The van der Waals surface area contributed by atoms with Crippen LogP contribution in [0.5, 0.6) is 11.5 Å². The van der Waals surface area contributed by atoms with Crippen molar-refractivity contribution in [2.75, 3.05) is 19.0 Å². The second-order valence-corrected chi connectivity index (χ2v) is 7.47. The lowest BCUT2D eigenvalue weighted by molar-refractivity contribution is -0.119. The quantitative estimate of drug-likeness (QED) is 0.654. The standard InChI is InChI=1S/C21H21NO4S/c1-14(19-11-15-5-2-3-6-17(15)26-19)22-21(23)13-27-16-7-8-18-20(12-16)25-10-4-9-24-18/h2-3,5-8,11-12,14H,4,9-10,13H2,1H3,(H,22,23)/t14-/m1/s1. The largest absolute Gasteiger partial charge is 0.490 e. The number of amides is 1. The summed E-state index contributed by atoms with van der Waals surface area (Å²) in [6.07, 6.45) is 0.874. The van der Waals surface area contributed by atoms with Crippen molar-refractivity contribution in [2.45, 2.75) is 24.3 Å². The highest BCUT2D eigenvalue weighted by molar-refractivity contribution is 8.00. The van der Waals surface area contributed by atoms with Gasteiger partial charge in [-0.1, -0.05) is 18.2 Å². The average molecular weight is 383 g/mol. The Morgan fingerprint density at radius 2 is 1.93 bits per heavy atom. The summed E-state index contributed by atoms with van der Waals surface area (Å²) in [5.41, 5.74) is 0.829. The first kappa shape index (κ1) is 17.8. The average Bonchev–Trinajstić information content (AvgIpc) is 2.98. The van der Waals surface area contributed by atoms with E-state index in [4.69, 9.17) is 13.9 Å². The molecule has 0 bridgehead atoms. The fourth-order valence-corrected chi connectivity index (χ4v) is 3.69. The molecule has 0 unspecified atom stereocenters. The molecule has 2 aromatic carbocycles. The summed E-state index contributed by atoms with van der Waals surface area (Å²) in [7, 11) is 0. The summed E-state index contributed by atoms with van der Waals surface area (Å²) in [6, 6.07) is 15.4. The van der Waals surface area contributed by atoms with Crippen molar-refractivity contribution in [3.63, 3.8) is 0 Å². The van der Waals surface area contributed by atoms with Crippen molar-refractivity contribution < 1.29 is 18.7 Å². The topological polar surface area (TPSA) is 60.7 Å². The van der Waals surface area contributed by atoms with Gasteiger partial charge in [-0.3, -0.25) is 4.79 Å². The Bertz CT molecular complexity index is 919. The van der Waals surface area contributed by atoms with Crippen LogP contribution in [0.4, 0.5) is 0 Å². The Morgan fingerprint density at radius 1 is 1.11 bits per heavy atom. The maximum absolute atomic E-state index is 12.3. The van der Waals surface area contributed by atoms with Crippen LogP contribution in [-0.4, -0.2) is 24.9 Å². The minimum absolute atomic E-state index is 0.0416. The van der Waals surface area contributed by atoms with Crippen molar-refractivity contribution in [1.29, 1.82) is 0 Å². The van der Waals surface area contributed by atoms with E-state index in [0.29, 0.717) is 19.0 Å². The predicted molar refractivity (Wildman–Crippen MR) is 106 cm³/mol. The number of hydrogen-bond donors (Lipinski definition) is 1. The van der Waals surface area contributed by atoms with E-state index in [-0.39, 0.29) is 11.9 Å². The number of para-hydroxylation sites is 1. The van der Waals surface area contributed by atoms with E-state index in [9.17, 15) is 4.79 Å². The number of thioether (sulfide) groups is 1. The van der Waals surface area contributed by atoms with Crippen molar-refractivity contribution in [3.05, 3.63) is 54.3 Å². The Hall–Kier alpha value is -2.60. The highest BCUT2D eigenvalue weighted by atomic mass is 32.2. The van der Waals surface area contributed by atoms with E-state index < -0.39 is 0 Å². The summed E-state index contributed by atoms with van der Waals surface area (Å²) in [6.45, 7) is 3.24. The molecule has 0 aliphatic carbocycles. The van der Waals surface area contributed by atoms with Gasteiger partial charge in [0.15, 0.2) is 11.5 Å². The molecule has 1 aliphatic heterocycles. The lowest BCUT2D eigenvalue weighted by Crippen LogP contribution is -2.27. The maximum atomic E-state index is 12.3. The molecule has 6 heteroatoms. The number of furan rings is 1. The third-order valence-corrected chi connectivity index (χ3v) is 5.33. The second-order valence-electron chi connectivity index (χ2n) is 6.42. The molecule has 0 fully saturated rings. The van der Waals surface area contributed by atoms with E-state index in [0.717, 1.165) is 39.5 Å². The molecule has 1 amide bonds. The smallest absolute Gasteiger partial charge is 0.230 e. The SMILES string of the molecule is C[C@@H](NC(=O)CSc1ccc2c(c1)OCCCO2)c1cc2ccccc2o1. The summed E-state index contributed by atoms with van der Waals surface area (Å²) in [5.74, 6) is 2.54. The number of nitrogens with one attached hydrogen (secondary N) is 1. The lowest BCUT2D eigenvalue weighted by Gasteiger charge is -2.12. The van der Waals surface area contributed by atoms with Crippen molar-refractivity contribution in [1.82, 2.24) is 5.32 Å². The Balaban J connectivity index is 1.34. The number of carbonyl (C=O) groups is 1. The third-order valence-electron chi connectivity index (χ3n) is 4.34. The van der Waals surface area contributed by atoms with Crippen LogP contribution in [0.1, 0.15) is 25.1 Å². The van der Waals surface area contributed by atoms with Crippen LogP contribution in [0.15, 0.2) is 57.8 Å². The van der Waals surface area contributed by atoms with Crippen molar-refractivity contribution >= 4 is 28.6 Å². The zero-order chi connectivity index (χ0) is 18.6. The fraction of sp³-hybridized carbons (Fsp3) is 0.286. The van der Waals surface area contributed by atoms with Crippen LogP contribution in [0.3, 0.4) is 0 Å². The summed E-state index contributed by atoms with van der Waals surface area (Å²) in [4.78, 5) is 13.3. The van der Waals surface area contributed by atoms with E-state index in [2.05, 4.69) is 5.32 Å². The number of fused-ring (bicyclic) bond motifs is 2. The minimum atomic E-state index is -0.186. The summed E-state index contributed by atoms with van der Waals surface area (Å²) >= 11 is 1.47. The van der Waals surface area contributed by atoms with Gasteiger partial charge in [0.25, 0.3) is 0 Å². The van der Waals surface area contributed by atoms with Crippen LogP contribution >= 0.6 is 11.8 Å². The van der Waals surface area contributed by atoms with Crippen LogP contribution in [0.2, 0.25) is 0 Å². The van der Waals surface area contributed by atoms with Crippen molar-refractivity contribution in [2.24, 2.45) is 0 Å². The Labute approximate surface area is 162 Å². The van der Waals surface area contributed by atoms with Crippen LogP contribution in [-0.2, 0) is 4.79 Å². The molecular weight excluding hydrogens is 362 g/mol. The normalized spacial score (nSPS) is 14.6. The summed E-state index contributed by atoms with van der Waals surface area (Å²) in [5, 5.41) is 4.03. The first-order valence-electron chi connectivity index (χ1n) is 8.99. The van der Waals surface area contributed by atoms with Gasteiger partial charge < -0.3 is 19.2 Å². The molecule has 27 heavy (non-hydrogen) atoms. The number of benzene rings is 2. The van der Waals surface area contributed by atoms with E-state index in [1.54, 1.807) is 0 Å². The molecule has 0 saturated carbocycles. The molecule has 140 valence electrons. The number of carbonyl (C=O) groups excluding carboxylic acids is 1. The van der Waals surface area contributed by atoms with Crippen LogP contribution < -0.4 is 14.8 Å². The monoisotopic (exact) mass is 383 g/mol. The number of ether oxygens (including phenoxy) is 2. The molecular formula is C21H21NO4S. The summed E-state index contributed by atoms with van der Waals surface area (Å²) < 4.78 is 17.1. The molecule has 5 nitrogen and oxygen atoms in total. The highest BCUT2D eigenvalue weighted by Crippen LogP contribution is 2.34. The predicted octanol–water partition coefficient (Wildman–Crippen LogP) is 4.56. The maximum Gasteiger partial charge on any atom is 0.230 e. The van der Waals surface area contributed by atoms with Crippen molar-refractivity contribution in [3.8, 4) is 11.5 Å². The molecule has 3 aromatic rings. The van der Waals surface area contributed by atoms with Gasteiger partial charge in [-0.25, -0.2) is 0 Å². The molecule has 2 heterocycles. The molecule has 1 atom stereocenters. The van der Waals surface area contributed by atoms with Gasteiger partial charge >= 0.3 is 0 Å². The van der Waals surface area contributed by atoms with Crippen LogP contribution in [0.25, 0.3) is 11.0 Å². The van der Waals surface area contributed by atoms with E-state index in [1.165, 1.54) is 11.8 Å². The second kappa shape index (κ2) is 7.96. The molecule has 0 saturated heterocycles. The van der Waals surface area contributed by atoms with Crippen LogP contribution in [0, 0.1) is 0 Å².